The fourth-order valence-electron chi connectivity index (χ4n) is 2.09. The topological polar surface area (TPSA) is 99.7 Å². The summed E-state index contributed by atoms with van der Waals surface area (Å²) in [6.07, 6.45) is 0. The van der Waals surface area contributed by atoms with Crippen LogP contribution in [0, 0.1) is 10.1 Å². The number of nitro benzene ring substituents is 1. The molecule has 0 bridgehead atoms. The van der Waals surface area contributed by atoms with Crippen LogP contribution in [0.4, 0.5) is 5.69 Å². The van der Waals surface area contributed by atoms with Gasteiger partial charge >= 0.3 is 5.97 Å². The van der Waals surface area contributed by atoms with Crippen molar-refractivity contribution in [1.29, 1.82) is 0 Å². The van der Waals surface area contributed by atoms with Crippen molar-refractivity contribution in [2.24, 2.45) is 0 Å². The Labute approximate surface area is 155 Å². The standard InChI is InChI=1S/C17H10ClNO6S/c18-16-8-7-15(26-16)12(20)9-24-17(21)14-6-5-13(25-14)10-1-3-11(4-2-10)19(22)23/h1-8H,9H2. The number of benzene rings is 1. The number of nitrogens with zero attached hydrogens (tertiary/aromatic N) is 1. The lowest BCUT2D eigenvalue weighted by atomic mass is 10.1. The molecule has 2 aromatic heterocycles. The summed E-state index contributed by atoms with van der Waals surface area (Å²) >= 11 is 6.86. The number of Topliss-reactive ketones (excluding diaryl/α,β-unsaturated/α-hetero) is 1. The summed E-state index contributed by atoms with van der Waals surface area (Å²) < 4.78 is 10.8. The average Bonchev–Trinajstić information content (AvgIpc) is 3.29. The van der Waals surface area contributed by atoms with Crippen LogP contribution in [0.25, 0.3) is 11.3 Å². The molecule has 0 fully saturated rings. The predicted molar refractivity (Wildman–Crippen MR) is 94.7 cm³/mol. The first-order valence-corrected chi connectivity index (χ1v) is 8.44. The quantitative estimate of drug-likeness (QED) is 0.263. The van der Waals surface area contributed by atoms with Crippen molar-refractivity contribution in [3.8, 4) is 11.3 Å². The molecule has 0 radical (unpaired) electrons. The summed E-state index contributed by atoms with van der Waals surface area (Å²) in [5.74, 6) is -0.870. The van der Waals surface area contributed by atoms with Crippen LogP contribution in [-0.4, -0.2) is 23.3 Å². The number of furan rings is 1. The third kappa shape index (κ3) is 3.98. The van der Waals surface area contributed by atoms with Crippen LogP contribution in [0.3, 0.4) is 0 Å². The van der Waals surface area contributed by atoms with Gasteiger partial charge in [0.1, 0.15) is 5.76 Å². The molecule has 0 saturated heterocycles. The normalized spacial score (nSPS) is 10.5. The molecular weight excluding hydrogens is 382 g/mol. The van der Waals surface area contributed by atoms with Gasteiger partial charge in [0.15, 0.2) is 6.61 Å². The molecule has 9 heteroatoms. The molecule has 0 aliphatic heterocycles. The molecule has 0 aliphatic rings. The van der Waals surface area contributed by atoms with E-state index in [2.05, 4.69) is 0 Å². The number of ketones is 1. The lowest BCUT2D eigenvalue weighted by molar-refractivity contribution is -0.384. The maximum atomic E-state index is 12.0. The number of ether oxygens (including phenoxy) is 1. The summed E-state index contributed by atoms with van der Waals surface area (Å²) in [5, 5.41) is 10.7. The number of esters is 1. The van der Waals surface area contributed by atoms with Gasteiger partial charge in [0.05, 0.1) is 14.1 Å². The van der Waals surface area contributed by atoms with Crippen molar-refractivity contribution in [3.05, 3.63) is 73.6 Å². The molecule has 0 atom stereocenters. The number of halogens is 1. The number of carbonyl (C=O) groups excluding carboxylic acids is 2. The zero-order chi connectivity index (χ0) is 18.7. The van der Waals surface area contributed by atoms with Crippen LogP contribution in [0.5, 0.6) is 0 Å². The van der Waals surface area contributed by atoms with Gasteiger partial charge in [-0.3, -0.25) is 14.9 Å². The van der Waals surface area contributed by atoms with E-state index in [9.17, 15) is 19.7 Å². The highest BCUT2D eigenvalue weighted by molar-refractivity contribution is 7.18. The first-order chi connectivity index (χ1) is 12.4. The van der Waals surface area contributed by atoms with Gasteiger partial charge in [-0.15, -0.1) is 11.3 Å². The monoisotopic (exact) mass is 391 g/mol. The van der Waals surface area contributed by atoms with E-state index in [1.807, 2.05) is 0 Å². The van der Waals surface area contributed by atoms with Gasteiger partial charge < -0.3 is 9.15 Å². The van der Waals surface area contributed by atoms with Gasteiger partial charge in [-0.05, 0) is 36.4 Å². The lowest BCUT2D eigenvalue weighted by Crippen LogP contribution is -2.12. The van der Waals surface area contributed by atoms with E-state index >= 15 is 0 Å². The van der Waals surface area contributed by atoms with E-state index in [4.69, 9.17) is 20.8 Å². The van der Waals surface area contributed by atoms with E-state index in [0.29, 0.717) is 20.5 Å². The highest BCUT2D eigenvalue weighted by atomic mass is 35.5. The Morgan fingerprint density at radius 1 is 1.12 bits per heavy atom. The van der Waals surface area contributed by atoms with E-state index in [-0.39, 0.29) is 17.2 Å². The Hall–Kier alpha value is -2.97. The van der Waals surface area contributed by atoms with Crippen LogP contribution >= 0.6 is 22.9 Å². The Kier molecular flexibility index (Phi) is 5.15. The molecule has 0 amide bonds. The molecule has 2 heterocycles. The molecule has 3 rings (SSSR count). The summed E-state index contributed by atoms with van der Waals surface area (Å²) in [6.45, 7) is -0.427. The zero-order valence-electron chi connectivity index (χ0n) is 13.0. The third-order valence-corrected chi connectivity index (χ3v) is 4.62. The SMILES string of the molecule is O=C(OCC(=O)c1ccc(Cl)s1)c1ccc(-c2ccc([N+](=O)[O-])cc2)o1. The Balaban J connectivity index is 1.64. The van der Waals surface area contributed by atoms with E-state index in [0.717, 1.165) is 11.3 Å². The number of hydrogen-bond acceptors (Lipinski definition) is 7. The molecule has 1 aromatic carbocycles. The molecular formula is C17H10ClNO6S. The van der Waals surface area contributed by atoms with Crippen LogP contribution in [-0.2, 0) is 4.74 Å². The Morgan fingerprint density at radius 3 is 2.46 bits per heavy atom. The van der Waals surface area contributed by atoms with Crippen LogP contribution in [0.2, 0.25) is 4.34 Å². The average molecular weight is 392 g/mol. The third-order valence-electron chi connectivity index (χ3n) is 3.35. The van der Waals surface area contributed by atoms with Crippen molar-refractivity contribution >= 4 is 40.4 Å². The van der Waals surface area contributed by atoms with Gasteiger partial charge in [-0.25, -0.2) is 4.79 Å². The summed E-state index contributed by atoms with van der Waals surface area (Å²) in [7, 11) is 0. The first-order valence-electron chi connectivity index (χ1n) is 7.24. The minimum Gasteiger partial charge on any atom is -0.451 e. The first kappa shape index (κ1) is 17.8. The van der Waals surface area contributed by atoms with Crippen molar-refractivity contribution in [3.63, 3.8) is 0 Å². The number of rotatable bonds is 6. The molecule has 0 N–H and O–H groups in total. The van der Waals surface area contributed by atoms with Gasteiger partial charge in [0.2, 0.25) is 11.5 Å². The highest BCUT2D eigenvalue weighted by Gasteiger charge is 2.17. The minimum absolute atomic E-state index is 0.0490. The molecule has 0 spiro atoms. The van der Waals surface area contributed by atoms with E-state index in [1.165, 1.54) is 30.3 Å². The summed E-state index contributed by atoms with van der Waals surface area (Å²) in [4.78, 5) is 34.4. The number of hydrogen-bond donors (Lipinski definition) is 0. The fraction of sp³-hybridized carbons (Fsp3) is 0.0588. The molecule has 7 nitrogen and oxygen atoms in total. The maximum Gasteiger partial charge on any atom is 0.374 e. The van der Waals surface area contributed by atoms with Crippen molar-refractivity contribution in [1.82, 2.24) is 0 Å². The second kappa shape index (κ2) is 7.51. The Bertz CT molecular complexity index is 975. The molecule has 0 saturated carbocycles. The zero-order valence-corrected chi connectivity index (χ0v) is 14.6. The van der Waals surface area contributed by atoms with Crippen LogP contribution in [0.1, 0.15) is 20.2 Å². The van der Waals surface area contributed by atoms with Crippen molar-refractivity contribution in [2.75, 3.05) is 6.61 Å². The smallest absolute Gasteiger partial charge is 0.374 e. The Morgan fingerprint density at radius 2 is 1.85 bits per heavy atom. The van der Waals surface area contributed by atoms with Crippen molar-refractivity contribution in [2.45, 2.75) is 0 Å². The number of carbonyl (C=O) groups is 2. The second-order valence-electron chi connectivity index (χ2n) is 5.07. The lowest BCUT2D eigenvalue weighted by Gasteiger charge is -2.01. The molecule has 132 valence electrons. The van der Waals surface area contributed by atoms with Crippen molar-refractivity contribution < 1.29 is 23.7 Å². The summed E-state index contributed by atoms with van der Waals surface area (Å²) in [5.41, 5.74) is 0.520. The highest BCUT2D eigenvalue weighted by Crippen LogP contribution is 2.25. The predicted octanol–water partition coefficient (Wildman–Crippen LogP) is 4.61. The van der Waals surface area contributed by atoms with Crippen LogP contribution < -0.4 is 0 Å². The second-order valence-corrected chi connectivity index (χ2v) is 6.79. The minimum atomic E-state index is -0.783. The number of non-ortho nitro benzene ring substituents is 1. The van der Waals surface area contributed by atoms with Gasteiger partial charge in [-0.2, -0.15) is 0 Å². The molecule has 3 aromatic rings. The fourth-order valence-corrected chi connectivity index (χ4v) is 3.06. The van der Waals surface area contributed by atoms with Gasteiger partial charge in [-0.1, -0.05) is 11.6 Å². The molecule has 0 unspecified atom stereocenters. The number of thiophene rings is 1. The van der Waals surface area contributed by atoms with E-state index in [1.54, 1.807) is 18.2 Å². The molecule has 0 aliphatic carbocycles. The van der Waals surface area contributed by atoms with Gasteiger partial charge in [0.25, 0.3) is 5.69 Å². The number of nitro groups is 1. The summed E-state index contributed by atoms with van der Waals surface area (Å²) in [6, 6.07) is 11.8. The maximum absolute atomic E-state index is 12.0. The largest absolute Gasteiger partial charge is 0.451 e. The van der Waals surface area contributed by atoms with Crippen LogP contribution in [0.15, 0.2) is 52.9 Å². The van der Waals surface area contributed by atoms with E-state index < -0.39 is 17.5 Å². The van der Waals surface area contributed by atoms with Gasteiger partial charge in [0, 0.05) is 17.7 Å². The molecule has 26 heavy (non-hydrogen) atoms.